The summed E-state index contributed by atoms with van der Waals surface area (Å²) >= 11 is 0. The van der Waals surface area contributed by atoms with Crippen molar-refractivity contribution in [2.24, 2.45) is 7.05 Å². The molecule has 0 saturated heterocycles. The molecule has 1 unspecified atom stereocenters. The molecule has 0 spiro atoms. The first-order valence-electron chi connectivity index (χ1n) is 7.46. The van der Waals surface area contributed by atoms with Crippen LogP contribution in [0.25, 0.3) is 0 Å². The zero-order valence-corrected chi connectivity index (χ0v) is 13.8. The van der Waals surface area contributed by atoms with Crippen LogP contribution in [0.5, 0.6) is 5.88 Å². The molecule has 8 nitrogen and oxygen atoms in total. The van der Waals surface area contributed by atoms with Crippen molar-refractivity contribution in [1.29, 1.82) is 0 Å². The summed E-state index contributed by atoms with van der Waals surface area (Å²) in [6, 6.07) is 3.14. The van der Waals surface area contributed by atoms with Crippen LogP contribution in [-0.2, 0) is 13.6 Å². The summed E-state index contributed by atoms with van der Waals surface area (Å²) < 4.78 is 7.39. The first-order chi connectivity index (χ1) is 11.0. The van der Waals surface area contributed by atoms with E-state index in [1.54, 1.807) is 17.1 Å². The number of urea groups is 1. The van der Waals surface area contributed by atoms with Gasteiger partial charge in [0.2, 0.25) is 5.88 Å². The molecule has 0 aliphatic carbocycles. The maximum atomic E-state index is 12.0. The first kappa shape index (κ1) is 16.7. The van der Waals surface area contributed by atoms with Gasteiger partial charge in [-0.15, -0.1) is 10.2 Å². The lowest BCUT2D eigenvalue weighted by Gasteiger charge is -2.15. The minimum absolute atomic E-state index is 0.0217. The fourth-order valence-corrected chi connectivity index (χ4v) is 2.06. The smallest absolute Gasteiger partial charge is 0.315 e. The van der Waals surface area contributed by atoms with Crippen molar-refractivity contribution in [3.05, 3.63) is 36.0 Å². The van der Waals surface area contributed by atoms with E-state index in [1.165, 1.54) is 0 Å². The van der Waals surface area contributed by atoms with Crippen molar-refractivity contribution in [3.8, 4) is 5.88 Å². The van der Waals surface area contributed by atoms with Gasteiger partial charge in [-0.25, -0.2) is 9.78 Å². The van der Waals surface area contributed by atoms with Crippen LogP contribution in [0.15, 0.2) is 24.7 Å². The maximum absolute atomic E-state index is 12.0. The van der Waals surface area contributed by atoms with Gasteiger partial charge in [-0.3, -0.25) is 0 Å². The van der Waals surface area contributed by atoms with Crippen molar-refractivity contribution in [2.75, 3.05) is 0 Å². The van der Waals surface area contributed by atoms with E-state index in [-0.39, 0.29) is 18.2 Å². The Labute approximate surface area is 135 Å². The third-order valence-electron chi connectivity index (χ3n) is 3.12. The molecule has 0 aliphatic rings. The van der Waals surface area contributed by atoms with E-state index in [4.69, 9.17) is 4.74 Å². The molecular formula is C15H22N6O2. The van der Waals surface area contributed by atoms with E-state index < -0.39 is 0 Å². The summed E-state index contributed by atoms with van der Waals surface area (Å²) in [6.07, 6.45) is 3.28. The Morgan fingerprint density at radius 1 is 1.39 bits per heavy atom. The van der Waals surface area contributed by atoms with Crippen LogP contribution in [0, 0.1) is 0 Å². The summed E-state index contributed by atoms with van der Waals surface area (Å²) in [5, 5.41) is 13.4. The highest BCUT2D eigenvalue weighted by Gasteiger charge is 2.14. The third-order valence-corrected chi connectivity index (χ3v) is 3.12. The largest absolute Gasteiger partial charge is 0.475 e. The quantitative estimate of drug-likeness (QED) is 0.843. The molecule has 1 atom stereocenters. The molecule has 2 aromatic heterocycles. The zero-order valence-electron chi connectivity index (χ0n) is 13.8. The second-order valence-electron chi connectivity index (χ2n) is 5.48. The number of carbonyl (C=O) groups is 1. The Hall–Kier alpha value is -2.64. The van der Waals surface area contributed by atoms with E-state index >= 15 is 0 Å². The predicted octanol–water partition coefficient (Wildman–Crippen LogP) is 1.56. The Balaban J connectivity index is 1.91. The standard InChI is InChI=1S/C15H22N6O2/c1-10(2)23-14-12(6-5-7-16-14)8-17-15(22)19-11(3)13-20-18-9-21(13)4/h5-7,9-11H,8H2,1-4H3,(H2,17,19,22). The molecule has 0 saturated carbocycles. The van der Waals surface area contributed by atoms with Gasteiger partial charge < -0.3 is 19.9 Å². The SMILES string of the molecule is CC(C)Oc1ncccc1CNC(=O)NC(C)c1nncn1C. The normalized spacial score (nSPS) is 12.0. The minimum Gasteiger partial charge on any atom is -0.475 e. The fraction of sp³-hybridized carbons (Fsp3) is 0.467. The molecule has 0 aliphatic heterocycles. The zero-order chi connectivity index (χ0) is 16.8. The molecule has 0 aromatic carbocycles. The molecule has 8 heteroatoms. The number of amides is 2. The Morgan fingerprint density at radius 2 is 2.17 bits per heavy atom. The fourth-order valence-electron chi connectivity index (χ4n) is 2.06. The van der Waals surface area contributed by atoms with E-state index in [9.17, 15) is 4.79 Å². The molecule has 2 rings (SSSR count). The van der Waals surface area contributed by atoms with Crippen molar-refractivity contribution in [3.63, 3.8) is 0 Å². The molecule has 0 bridgehead atoms. The number of nitrogens with one attached hydrogen (secondary N) is 2. The summed E-state index contributed by atoms with van der Waals surface area (Å²) in [4.78, 5) is 16.2. The van der Waals surface area contributed by atoms with Crippen LogP contribution >= 0.6 is 0 Å². The molecule has 0 fully saturated rings. The number of hydrogen-bond donors (Lipinski definition) is 2. The first-order valence-corrected chi connectivity index (χ1v) is 7.46. The number of hydrogen-bond acceptors (Lipinski definition) is 5. The van der Waals surface area contributed by atoms with Gasteiger partial charge in [0.05, 0.1) is 12.1 Å². The third kappa shape index (κ3) is 4.67. The van der Waals surface area contributed by atoms with Gasteiger partial charge in [-0.1, -0.05) is 6.07 Å². The summed E-state index contributed by atoms with van der Waals surface area (Å²) in [7, 11) is 1.83. The highest BCUT2D eigenvalue weighted by Crippen LogP contribution is 2.15. The lowest BCUT2D eigenvalue weighted by Crippen LogP contribution is -2.37. The molecule has 2 aromatic rings. The lowest BCUT2D eigenvalue weighted by atomic mass is 10.2. The van der Waals surface area contributed by atoms with Gasteiger partial charge in [0.25, 0.3) is 0 Å². The van der Waals surface area contributed by atoms with E-state index in [1.807, 2.05) is 40.0 Å². The number of ether oxygens (including phenoxy) is 1. The predicted molar refractivity (Wildman–Crippen MR) is 84.8 cm³/mol. The van der Waals surface area contributed by atoms with E-state index in [2.05, 4.69) is 25.8 Å². The van der Waals surface area contributed by atoms with Gasteiger partial charge in [-0.2, -0.15) is 0 Å². The van der Waals surface area contributed by atoms with Gasteiger partial charge in [-0.05, 0) is 26.8 Å². The number of aromatic nitrogens is 4. The molecular weight excluding hydrogens is 296 g/mol. The van der Waals surface area contributed by atoms with Crippen LogP contribution in [0.4, 0.5) is 4.79 Å². The number of pyridine rings is 1. The second-order valence-corrected chi connectivity index (χ2v) is 5.48. The average Bonchev–Trinajstić information content (AvgIpc) is 2.92. The van der Waals surface area contributed by atoms with Crippen molar-refractivity contribution in [1.82, 2.24) is 30.4 Å². The van der Waals surface area contributed by atoms with E-state index in [0.717, 1.165) is 5.56 Å². The molecule has 23 heavy (non-hydrogen) atoms. The number of nitrogens with zero attached hydrogens (tertiary/aromatic N) is 4. The van der Waals surface area contributed by atoms with Crippen molar-refractivity contribution < 1.29 is 9.53 Å². The lowest BCUT2D eigenvalue weighted by molar-refractivity contribution is 0.227. The van der Waals surface area contributed by atoms with Gasteiger partial charge in [0.15, 0.2) is 5.82 Å². The molecule has 124 valence electrons. The summed E-state index contributed by atoms with van der Waals surface area (Å²) in [6.45, 7) is 6.04. The monoisotopic (exact) mass is 318 g/mol. The number of rotatable bonds is 6. The maximum Gasteiger partial charge on any atom is 0.315 e. The topological polar surface area (TPSA) is 94.0 Å². The summed E-state index contributed by atoms with van der Waals surface area (Å²) in [5.74, 6) is 1.22. The minimum atomic E-state index is -0.292. The van der Waals surface area contributed by atoms with Gasteiger partial charge in [0, 0.05) is 25.4 Å². The van der Waals surface area contributed by atoms with Crippen LogP contribution in [0.3, 0.4) is 0 Å². The van der Waals surface area contributed by atoms with Crippen molar-refractivity contribution in [2.45, 2.75) is 39.5 Å². The van der Waals surface area contributed by atoms with Gasteiger partial charge >= 0.3 is 6.03 Å². The van der Waals surface area contributed by atoms with Crippen molar-refractivity contribution >= 4 is 6.03 Å². The highest BCUT2D eigenvalue weighted by atomic mass is 16.5. The van der Waals surface area contributed by atoms with Crippen LogP contribution in [-0.4, -0.2) is 31.9 Å². The van der Waals surface area contributed by atoms with E-state index in [0.29, 0.717) is 18.2 Å². The molecule has 2 amide bonds. The average molecular weight is 318 g/mol. The Morgan fingerprint density at radius 3 is 2.83 bits per heavy atom. The van der Waals surface area contributed by atoms with Crippen LogP contribution in [0.2, 0.25) is 0 Å². The molecule has 2 heterocycles. The van der Waals surface area contributed by atoms with Gasteiger partial charge in [0.1, 0.15) is 6.33 Å². The van der Waals surface area contributed by atoms with Crippen LogP contribution in [0.1, 0.15) is 38.2 Å². The summed E-state index contributed by atoms with van der Waals surface area (Å²) in [5.41, 5.74) is 0.822. The highest BCUT2D eigenvalue weighted by molar-refractivity contribution is 5.74. The number of aryl methyl sites for hydroxylation is 1. The number of carbonyl (C=O) groups excluding carboxylic acids is 1. The Bertz CT molecular complexity index is 655. The van der Waals surface area contributed by atoms with Crippen LogP contribution < -0.4 is 15.4 Å². The molecule has 2 N–H and O–H groups in total. The molecule has 0 radical (unpaired) electrons. The Kier molecular flexibility index (Phi) is 5.51. The second kappa shape index (κ2) is 7.57.